The fourth-order valence-corrected chi connectivity index (χ4v) is 5.08. The van der Waals surface area contributed by atoms with Gasteiger partial charge in [0, 0.05) is 25.5 Å². The van der Waals surface area contributed by atoms with Gasteiger partial charge in [-0.1, -0.05) is 36.4 Å². The Kier molecular flexibility index (Phi) is 6.88. The Morgan fingerprint density at radius 2 is 1.64 bits per heavy atom. The number of imide groups is 2. The third-order valence-corrected chi connectivity index (χ3v) is 6.99. The highest BCUT2D eigenvalue weighted by atomic mass is 16.2. The van der Waals surface area contributed by atoms with E-state index in [0.29, 0.717) is 0 Å². The van der Waals surface area contributed by atoms with Crippen molar-refractivity contribution in [3.63, 3.8) is 0 Å². The molecule has 3 N–H and O–H groups in total. The molecule has 11 nitrogen and oxygen atoms in total. The summed E-state index contributed by atoms with van der Waals surface area (Å²) in [6, 6.07) is 12.6. The van der Waals surface area contributed by atoms with Crippen LogP contribution in [0.5, 0.6) is 0 Å². The first-order valence-electron chi connectivity index (χ1n) is 12.4. The lowest BCUT2D eigenvalue weighted by molar-refractivity contribution is -0.136. The minimum Gasteiger partial charge on any atom is -0.381 e. The Morgan fingerprint density at radius 3 is 2.33 bits per heavy atom. The van der Waals surface area contributed by atoms with E-state index in [1.807, 2.05) is 30.3 Å². The second kappa shape index (κ2) is 10.4. The summed E-state index contributed by atoms with van der Waals surface area (Å²) in [4.78, 5) is 88.5. The number of hydrogen-bond acceptors (Lipinski definition) is 8. The van der Waals surface area contributed by atoms with Crippen LogP contribution in [0.25, 0.3) is 0 Å². The van der Waals surface area contributed by atoms with Crippen LogP contribution in [-0.2, 0) is 24.0 Å². The lowest BCUT2D eigenvalue weighted by Gasteiger charge is -2.27. The number of nitrogens with zero attached hydrogens (tertiary/aromatic N) is 1. The molecule has 0 spiro atoms. The number of anilines is 1. The molecule has 1 saturated carbocycles. The molecule has 1 atom stereocenters. The average molecular weight is 529 g/mol. The van der Waals surface area contributed by atoms with Gasteiger partial charge in [-0.2, -0.15) is 0 Å². The monoisotopic (exact) mass is 528 g/mol. The van der Waals surface area contributed by atoms with E-state index in [1.54, 1.807) is 0 Å². The largest absolute Gasteiger partial charge is 0.381 e. The first kappa shape index (κ1) is 25.7. The van der Waals surface area contributed by atoms with Gasteiger partial charge in [0.25, 0.3) is 11.8 Å². The number of piperidine rings is 1. The molecule has 198 valence electrons. The number of allylic oxidation sites excluding steroid dienone is 1. The summed E-state index contributed by atoms with van der Waals surface area (Å²) in [5, 5.41) is 7.39. The van der Waals surface area contributed by atoms with Crippen LogP contribution in [0.15, 0.2) is 60.3 Å². The summed E-state index contributed by atoms with van der Waals surface area (Å²) in [5.74, 6) is -4.04. The number of carbonyl (C=O) groups excluding carboxylic acids is 7. The highest BCUT2D eigenvalue weighted by molar-refractivity contribution is 6.26. The van der Waals surface area contributed by atoms with E-state index in [1.165, 1.54) is 24.4 Å². The van der Waals surface area contributed by atoms with Crippen molar-refractivity contribution in [1.29, 1.82) is 0 Å². The Morgan fingerprint density at radius 1 is 0.923 bits per heavy atom. The van der Waals surface area contributed by atoms with Crippen LogP contribution in [0.3, 0.4) is 0 Å². The zero-order chi connectivity index (χ0) is 27.7. The standard InChI is InChI=1S/C28H24N4O7/c33-21-11-16(15-5-2-1-3-6-15)12-22(34)18(21)13-29-14-24(36)30-19-8-4-7-17-25(19)28(39)32(27(17)38)20-9-10-23(35)31-26(20)37/h1-8,13,16,20,29H,9-12,14H2,(H,30,36)(H,31,35,37). The number of nitrogens with one attached hydrogen (secondary N) is 3. The molecule has 1 saturated heterocycles. The van der Waals surface area contributed by atoms with Crippen molar-refractivity contribution >= 4 is 46.8 Å². The van der Waals surface area contributed by atoms with E-state index in [9.17, 15) is 33.6 Å². The van der Waals surface area contributed by atoms with Gasteiger partial charge in [0.05, 0.1) is 28.9 Å². The van der Waals surface area contributed by atoms with Gasteiger partial charge in [0.2, 0.25) is 17.7 Å². The summed E-state index contributed by atoms with van der Waals surface area (Å²) < 4.78 is 0. The number of carbonyl (C=O) groups is 7. The summed E-state index contributed by atoms with van der Waals surface area (Å²) in [6.07, 6.45) is 1.61. The van der Waals surface area contributed by atoms with Crippen molar-refractivity contribution in [1.82, 2.24) is 15.5 Å². The number of benzene rings is 2. The lowest BCUT2D eigenvalue weighted by atomic mass is 9.80. The van der Waals surface area contributed by atoms with Gasteiger partial charge in [-0.05, 0) is 30.0 Å². The third kappa shape index (κ3) is 4.98. The van der Waals surface area contributed by atoms with E-state index in [-0.39, 0.29) is 72.1 Å². The number of fused-ring (bicyclic) bond motifs is 1. The maximum absolute atomic E-state index is 13.1. The van der Waals surface area contributed by atoms with Crippen LogP contribution in [0.1, 0.15) is 57.9 Å². The van der Waals surface area contributed by atoms with Gasteiger partial charge in [0.15, 0.2) is 11.6 Å². The molecule has 2 aliphatic heterocycles. The molecule has 3 aliphatic rings. The second-order valence-electron chi connectivity index (χ2n) is 9.52. The molecule has 0 aromatic heterocycles. The maximum Gasteiger partial charge on any atom is 0.264 e. The average Bonchev–Trinajstić information content (AvgIpc) is 3.16. The predicted molar refractivity (Wildman–Crippen MR) is 136 cm³/mol. The second-order valence-corrected chi connectivity index (χ2v) is 9.52. The zero-order valence-corrected chi connectivity index (χ0v) is 20.7. The smallest absolute Gasteiger partial charge is 0.264 e. The molecule has 2 aromatic carbocycles. The zero-order valence-electron chi connectivity index (χ0n) is 20.7. The van der Waals surface area contributed by atoms with Gasteiger partial charge >= 0.3 is 0 Å². The van der Waals surface area contributed by atoms with Gasteiger partial charge < -0.3 is 10.6 Å². The van der Waals surface area contributed by atoms with Crippen LogP contribution in [-0.4, -0.2) is 58.6 Å². The normalized spacial score (nSPS) is 21.0. The first-order chi connectivity index (χ1) is 18.7. The first-order valence-corrected chi connectivity index (χ1v) is 12.4. The van der Waals surface area contributed by atoms with Crippen LogP contribution in [0, 0.1) is 0 Å². The van der Waals surface area contributed by atoms with E-state index >= 15 is 0 Å². The Bertz CT molecular complexity index is 1440. The highest BCUT2D eigenvalue weighted by Crippen LogP contribution is 2.33. The summed E-state index contributed by atoms with van der Waals surface area (Å²) >= 11 is 0. The molecule has 5 amide bonds. The van der Waals surface area contributed by atoms with Crippen LogP contribution < -0.4 is 16.0 Å². The minimum atomic E-state index is -1.13. The number of rotatable bonds is 6. The van der Waals surface area contributed by atoms with Crippen LogP contribution in [0.4, 0.5) is 5.69 Å². The number of hydrogen-bond donors (Lipinski definition) is 3. The third-order valence-electron chi connectivity index (χ3n) is 6.99. The van der Waals surface area contributed by atoms with Crippen molar-refractivity contribution in [3.05, 3.63) is 77.0 Å². The van der Waals surface area contributed by atoms with Gasteiger partial charge in [-0.3, -0.25) is 43.8 Å². The maximum atomic E-state index is 13.1. The molecule has 2 aromatic rings. The molecule has 0 radical (unpaired) electrons. The summed E-state index contributed by atoms with van der Waals surface area (Å²) in [6.45, 7) is -0.311. The molecule has 39 heavy (non-hydrogen) atoms. The molecular weight excluding hydrogens is 504 g/mol. The Hall–Kier alpha value is -4.93. The van der Waals surface area contributed by atoms with E-state index < -0.39 is 35.6 Å². The van der Waals surface area contributed by atoms with Gasteiger partial charge in [0.1, 0.15) is 6.04 Å². The van der Waals surface area contributed by atoms with E-state index in [2.05, 4.69) is 16.0 Å². The van der Waals surface area contributed by atoms with E-state index in [4.69, 9.17) is 0 Å². The van der Waals surface area contributed by atoms with Gasteiger partial charge in [-0.15, -0.1) is 0 Å². The van der Waals surface area contributed by atoms with Crippen molar-refractivity contribution in [2.75, 3.05) is 11.9 Å². The Balaban J connectivity index is 1.23. The molecule has 5 rings (SSSR count). The van der Waals surface area contributed by atoms with Crippen LogP contribution in [0.2, 0.25) is 0 Å². The van der Waals surface area contributed by atoms with Crippen molar-refractivity contribution in [2.45, 2.75) is 37.6 Å². The quantitative estimate of drug-likeness (QED) is 0.287. The van der Waals surface area contributed by atoms with Crippen molar-refractivity contribution < 1.29 is 33.6 Å². The molecular formula is C28H24N4O7. The topological polar surface area (TPSA) is 159 Å². The number of Topliss-reactive ketones (excluding diaryl/α,β-unsaturated/α-hetero) is 2. The lowest BCUT2D eigenvalue weighted by Crippen LogP contribution is -2.54. The summed E-state index contributed by atoms with van der Waals surface area (Å²) in [5.41, 5.74) is 0.976. The molecule has 11 heteroatoms. The molecule has 2 fully saturated rings. The highest BCUT2D eigenvalue weighted by Gasteiger charge is 2.45. The van der Waals surface area contributed by atoms with E-state index in [0.717, 1.165) is 10.5 Å². The molecule has 0 bridgehead atoms. The number of ketones is 2. The summed E-state index contributed by atoms with van der Waals surface area (Å²) in [7, 11) is 0. The SMILES string of the molecule is O=C1CCC(N2C(=O)c3cccc(NC(=O)CNC=C4C(=O)CC(c5ccccc5)CC4=O)c3C2=O)C(=O)N1. The molecule has 1 aliphatic carbocycles. The minimum absolute atomic E-state index is 0.00348. The molecule has 2 heterocycles. The predicted octanol–water partition coefficient (Wildman–Crippen LogP) is 1.22. The van der Waals surface area contributed by atoms with Gasteiger partial charge in [-0.25, -0.2) is 0 Å². The Labute approximate surface area is 222 Å². The number of amides is 5. The van der Waals surface area contributed by atoms with Crippen molar-refractivity contribution in [2.24, 2.45) is 0 Å². The molecule has 1 unspecified atom stereocenters. The fourth-order valence-electron chi connectivity index (χ4n) is 5.08. The van der Waals surface area contributed by atoms with Crippen molar-refractivity contribution in [3.8, 4) is 0 Å². The fraction of sp³-hybridized carbons (Fsp3) is 0.250. The van der Waals surface area contributed by atoms with Crippen LogP contribution >= 0.6 is 0 Å².